The normalized spacial score (nSPS) is 11.2. The highest BCUT2D eigenvalue weighted by molar-refractivity contribution is 6.38. The molecule has 0 spiro atoms. The van der Waals surface area contributed by atoms with Gasteiger partial charge in [0.15, 0.2) is 5.75 Å². The Balaban J connectivity index is 1.87. The van der Waals surface area contributed by atoms with E-state index in [1.807, 2.05) is 0 Å². The first-order valence-electron chi connectivity index (χ1n) is 7.93. The van der Waals surface area contributed by atoms with Gasteiger partial charge in [0.25, 0.3) is 17.4 Å². The van der Waals surface area contributed by atoms with Crippen LogP contribution in [0.5, 0.6) is 11.5 Å². The van der Waals surface area contributed by atoms with Crippen molar-refractivity contribution < 1.29 is 15.0 Å². The number of benzene rings is 1. The number of hydrogen-bond donors (Lipinski definition) is 4. The van der Waals surface area contributed by atoms with Gasteiger partial charge in [-0.15, -0.1) is 10.2 Å². The van der Waals surface area contributed by atoms with E-state index in [1.54, 1.807) is 6.92 Å². The number of nitrogens with zero attached hydrogens (tertiary/aromatic N) is 5. The molecule has 4 N–H and O–H groups in total. The first-order chi connectivity index (χ1) is 13.7. The Labute approximate surface area is 172 Å². The van der Waals surface area contributed by atoms with Crippen LogP contribution in [0.2, 0.25) is 10.0 Å². The number of aromatic nitrogens is 5. The number of halogens is 2. The van der Waals surface area contributed by atoms with Gasteiger partial charge in [0.2, 0.25) is 0 Å². The summed E-state index contributed by atoms with van der Waals surface area (Å²) >= 11 is 11.5. The van der Waals surface area contributed by atoms with Crippen molar-refractivity contribution in [2.45, 2.75) is 13.8 Å². The number of nitrogens with one attached hydrogen (secondary N) is 2. The minimum Gasteiger partial charge on any atom is -0.506 e. The summed E-state index contributed by atoms with van der Waals surface area (Å²) in [6.07, 6.45) is 1.09. The maximum absolute atomic E-state index is 12.5. The van der Waals surface area contributed by atoms with Gasteiger partial charge in [-0.1, -0.05) is 23.2 Å². The van der Waals surface area contributed by atoms with Crippen molar-refractivity contribution >= 4 is 35.3 Å². The van der Waals surface area contributed by atoms with E-state index in [0.717, 1.165) is 10.9 Å². The number of aryl methyl sites for hydroxylation is 2. The van der Waals surface area contributed by atoms with E-state index < -0.39 is 23.0 Å². The Bertz CT molecular complexity index is 1200. The lowest BCUT2D eigenvalue weighted by Gasteiger charge is -2.06. The van der Waals surface area contributed by atoms with Gasteiger partial charge < -0.3 is 10.2 Å². The molecule has 0 bridgehead atoms. The van der Waals surface area contributed by atoms with Crippen LogP contribution in [0.15, 0.2) is 22.0 Å². The Hall–Kier alpha value is -3.44. The number of amides is 1. The quantitative estimate of drug-likeness (QED) is 0.354. The highest BCUT2D eigenvalue weighted by Gasteiger charge is 2.18. The molecule has 2 heterocycles. The van der Waals surface area contributed by atoms with Gasteiger partial charge in [-0.05, 0) is 26.0 Å². The summed E-state index contributed by atoms with van der Waals surface area (Å²) in [5, 5.41) is 34.4. The fraction of sp³-hybridized carbons (Fsp3) is 0.125. The maximum atomic E-state index is 12.5. The van der Waals surface area contributed by atoms with E-state index in [9.17, 15) is 19.8 Å². The molecule has 0 atom stereocenters. The first-order valence-corrected chi connectivity index (χ1v) is 8.68. The number of rotatable bonds is 4. The Morgan fingerprint density at radius 2 is 1.97 bits per heavy atom. The first kappa shape index (κ1) is 20.3. The van der Waals surface area contributed by atoms with Crippen LogP contribution in [0.25, 0.3) is 5.95 Å². The molecule has 3 aromatic rings. The molecule has 0 radical (unpaired) electrons. The predicted octanol–water partition coefficient (Wildman–Crippen LogP) is 1.45. The number of aromatic hydroxyl groups is 2. The summed E-state index contributed by atoms with van der Waals surface area (Å²) in [7, 11) is 0. The molecule has 0 saturated carbocycles. The van der Waals surface area contributed by atoms with Crippen molar-refractivity contribution in [2.24, 2.45) is 5.10 Å². The monoisotopic (exact) mass is 437 g/mol. The molecular weight excluding hydrogens is 425 g/mol. The molecule has 0 fully saturated rings. The van der Waals surface area contributed by atoms with Gasteiger partial charge >= 0.3 is 0 Å². The van der Waals surface area contributed by atoms with Crippen LogP contribution in [-0.4, -0.2) is 47.3 Å². The third kappa shape index (κ3) is 4.05. The summed E-state index contributed by atoms with van der Waals surface area (Å²) in [4.78, 5) is 26.7. The van der Waals surface area contributed by atoms with Crippen molar-refractivity contribution in [2.75, 3.05) is 0 Å². The van der Waals surface area contributed by atoms with Crippen LogP contribution in [0.3, 0.4) is 0 Å². The topological polar surface area (TPSA) is 158 Å². The smallest absolute Gasteiger partial charge is 0.290 e. The number of hydrogen-bond acceptors (Lipinski definition) is 8. The SMILES string of the molecule is Cc1cc(C(=O)N/N=C\c2cc(Cl)c(O)c(Cl)c2O)n(-c2nnc(C)c(=O)[nH]2)n1. The zero-order valence-electron chi connectivity index (χ0n) is 14.9. The standard InChI is InChI=1S/C16H13Cl2N7O4/c1-6-3-10(25(24-6)16-20-14(28)7(2)21-23-16)15(29)22-19-5-8-4-9(17)13(27)11(18)12(8)26/h3-5,26-27H,1-2H3,(H,22,29)(H,20,23,28)/b19-5-. The summed E-state index contributed by atoms with van der Waals surface area (Å²) in [6.45, 7) is 3.14. The minimum absolute atomic E-state index is 0.0273. The molecule has 150 valence electrons. The van der Waals surface area contributed by atoms with Crippen LogP contribution < -0.4 is 11.0 Å². The van der Waals surface area contributed by atoms with Crippen molar-refractivity contribution in [3.05, 3.63) is 55.2 Å². The molecule has 0 aliphatic heterocycles. The van der Waals surface area contributed by atoms with Crippen molar-refractivity contribution in [1.82, 2.24) is 30.4 Å². The molecule has 1 amide bonds. The number of H-pyrrole nitrogens is 1. The average molecular weight is 438 g/mol. The fourth-order valence-electron chi connectivity index (χ4n) is 2.24. The largest absolute Gasteiger partial charge is 0.506 e. The molecule has 0 aliphatic carbocycles. The molecule has 29 heavy (non-hydrogen) atoms. The van der Waals surface area contributed by atoms with Gasteiger partial charge in [0, 0.05) is 5.56 Å². The lowest BCUT2D eigenvalue weighted by atomic mass is 10.2. The van der Waals surface area contributed by atoms with E-state index in [2.05, 4.69) is 30.8 Å². The molecule has 3 rings (SSSR count). The zero-order chi connectivity index (χ0) is 21.3. The highest BCUT2D eigenvalue weighted by Crippen LogP contribution is 2.40. The third-order valence-electron chi connectivity index (χ3n) is 3.68. The number of hydrazone groups is 1. The summed E-state index contributed by atoms with van der Waals surface area (Å²) < 4.78 is 1.11. The molecule has 2 aromatic heterocycles. The molecule has 1 aromatic carbocycles. The van der Waals surface area contributed by atoms with Crippen LogP contribution in [0.4, 0.5) is 0 Å². The van der Waals surface area contributed by atoms with Crippen LogP contribution in [-0.2, 0) is 0 Å². The Morgan fingerprint density at radius 3 is 2.66 bits per heavy atom. The number of phenolic OH excluding ortho intramolecular Hbond substituents is 2. The van der Waals surface area contributed by atoms with Crippen LogP contribution in [0.1, 0.15) is 27.4 Å². The summed E-state index contributed by atoms with van der Waals surface area (Å²) in [5.41, 5.74) is 2.52. The lowest BCUT2D eigenvalue weighted by molar-refractivity contribution is 0.0947. The van der Waals surface area contributed by atoms with E-state index in [1.165, 1.54) is 19.1 Å². The summed E-state index contributed by atoms with van der Waals surface area (Å²) in [5.74, 6) is -1.65. The van der Waals surface area contributed by atoms with Gasteiger partial charge in [0.05, 0.1) is 16.9 Å². The molecule has 0 aliphatic rings. The number of carbonyl (C=O) groups excluding carboxylic acids is 1. The van der Waals surface area contributed by atoms with Gasteiger partial charge in [0.1, 0.15) is 22.2 Å². The van der Waals surface area contributed by atoms with Crippen LogP contribution in [0, 0.1) is 13.8 Å². The number of aromatic amines is 1. The molecule has 0 saturated heterocycles. The second-order valence-electron chi connectivity index (χ2n) is 5.80. The molecule has 13 heteroatoms. The average Bonchev–Trinajstić information content (AvgIpc) is 3.08. The van der Waals surface area contributed by atoms with Gasteiger partial charge in [-0.2, -0.15) is 14.9 Å². The van der Waals surface area contributed by atoms with E-state index in [0.29, 0.717) is 5.69 Å². The van der Waals surface area contributed by atoms with E-state index >= 15 is 0 Å². The van der Waals surface area contributed by atoms with Crippen molar-refractivity contribution in [3.8, 4) is 17.4 Å². The second-order valence-corrected chi connectivity index (χ2v) is 6.59. The van der Waals surface area contributed by atoms with Crippen LogP contribution >= 0.6 is 23.2 Å². The number of carbonyl (C=O) groups is 1. The molecule has 11 nitrogen and oxygen atoms in total. The van der Waals surface area contributed by atoms with Gasteiger partial charge in [-0.3, -0.25) is 14.6 Å². The Kier molecular flexibility index (Phi) is 5.52. The third-order valence-corrected chi connectivity index (χ3v) is 4.33. The van der Waals surface area contributed by atoms with Gasteiger partial charge in [-0.25, -0.2) is 5.43 Å². The van der Waals surface area contributed by atoms with Crippen molar-refractivity contribution in [3.63, 3.8) is 0 Å². The molecular formula is C16H13Cl2N7O4. The molecule has 0 unspecified atom stereocenters. The number of phenols is 2. The maximum Gasteiger partial charge on any atom is 0.290 e. The lowest BCUT2D eigenvalue weighted by Crippen LogP contribution is -2.24. The minimum atomic E-state index is -0.680. The zero-order valence-corrected chi connectivity index (χ0v) is 16.4. The van der Waals surface area contributed by atoms with E-state index in [-0.39, 0.29) is 32.9 Å². The predicted molar refractivity (Wildman–Crippen MR) is 104 cm³/mol. The van der Waals surface area contributed by atoms with E-state index in [4.69, 9.17) is 23.2 Å². The Morgan fingerprint density at radius 1 is 1.24 bits per heavy atom. The fourth-order valence-corrected chi connectivity index (χ4v) is 2.71. The summed E-state index contributed by atoms with van der Waals surface area (Å²) in [6, 6.07) is 2.67. The second kappa shape index (κ2) is 7.89. The highest BCUT2D eigenvalue weighted by atomic mass is 35.5. The van der Waals surface area contributed by atoms with Crippen molar-refractivity contribution in [1.29, 1.82) is 0 Å².